The summed E-state index contributed by atoms with van der Waals surface area (Å²) >= 11 is 0. The molecule has 0 bridgehead atoms. The Morgan fingerprint density at radius 1 is 1.00 bits per heavy atom. The summed E-state index contributed by atoms with van der Waals surface area (Å²) in [6.07, 6.45) is 0. The van der Waals surface area contributed by atoms with Crippen LogP contribution in [-0.4, -0.2) is 51.7 Å². The number of carbonyl (C=O) groups is 2. The summed E-state index contributed by atoms with van der Waals surface area (Å²) in [6, 6.07) is 16.7. The second-order valence-corrected chi connectivity index (χ2v) is 9.80. The van der Waals surface area contributed by atoms with Crippen molar-refractivity contribution in [3.8, 4) is 22.5 Å². The minimum Gasteiger partial charge on any atom is -0.478 e. The van der Waals surface area contributed by atoms with Crippen molar-refractivity contribution in [2.75, 3.05) is 39.6 Å². The van der Waals surface area contributed by atoms with Gasteiger partial charge in [-0.15, -0.1) is 0 Å². The molecular formula is C29H32N3O4+. The molecule has 0 unspecified atom stereocenters. The zero-order valence-electron chi connectivity index (χ0n) is 21.5. The Hall–Kier alpha value is -4.13. The Morgan fingerprint density at radius 3 is 2.36 bits per heavy atom. The van der Waals surface area contributed by atoms with Gasteiger partial charge in [-0.25, -0.2) is 9.37 Å². The molecule has 0 saturated heterocycles. The largest absolute Gasteiger partial charge is 0.478 e. The van der Waals surface area contributed by atoms with Crippen molar-refractivity contribution in [2.24, 2.45) is 5.92 Å². The molecule has 1 heterocycles. The van der Waals surface area contributed by atoms with Gasteiger partial charge in [0.05, 0.1) is 11.6 Å². The van der Waals surface area contributed by atoms with Gasteiger partial charge >= 0.3 is 5.97 Å². The topological polar surface area (TPSA) is 85.8 Å². The summed E-state index contributed by atoms with van der Waals surface area (Å²) in [4.78, 5) is 27.1. The maximum atomic E-state index is 13.3. The van der Waals surface area contributed by atoms with Crippen LogP contribution in [0.25, 0.3) is 33.4 Å². The molecule has 1 aliphatic carbocycles. The van der Waals surface area contributed by atoms with Crippen LogP contribution < -0.4 is 20.1 Å². The summed E-state index contributed by atoms with van der Waals surface area (Å²) < 4.78 is 8.38. The Kier molecular flexibility index (Phi) is 6.84. The molecule has 1 aliphatic heterocycles. The van der Waals surface area contributed by atoms with E-state index >= 15 is 0 Å². The monoisotopic (exact) mass is 486 g/mol. The van der Waals surface area contributed by atoms with Gasteiger partial charge in [-0.2, -0.15) is 0 Å². The van der Waals surface area contributed by atoms with Crippen LogP contribution in [-0.2, 0) is 0 Å². The average Bonchev–Trinajstić information content (AvgIpc) is 2.84. The molecule has 0 spiro atoms. The first-order chi connectivity index (χ1) is 17.1. The van der Waals surface area contributed by atoms with Crippen LogP contribution in [0.15, 0.2) is 59.0 Å². The second-order valence-electron chi connectivity index (χ2n) is 9.80. The third-order valence-electron chi connectivity index (χ3n) is 6.17. The number of hydrogen-bond acceptors (Lipinski definition) is 4. The molecule has 1 amide bonds. The van der Waals surface area contributed by atoms with Gasteiger partial charge in [0.25, 0.3) is 5.91 Å². The van der Waals surface area contributed by atoms with Crippen molar-refractivity contribution in [1.82, 2.24) is 9.89 Å². The lowest BCUT2D eigenvalue weighted by Crippen LogP contribution is -2.28. The van der Waals surface area contributed by atoms with Crippen molar-refractivity contribution in [2.45, 2.75) is 13.8 Å². The quantitative estimate of drug-likeness (QED) is 0.312. The highest BCUT2D eigenvalue weighted by Crippen LogP contribution is 2.42. The number of hydrogen-bond donors (Lipinski definition) is 2. The van der Waals surface area contributed by atoms with Gasteiger partial charge in [0.2, 0.25) is 5.36 Å². The number of aromatic carboxylic acids is 1. The van der Waals surface area contributed by atoms with Gasteiger partial charge in [0.1, 0.15) is 25.4 Å². The molecule has 0 fully saturated rings. The fourth-order valence-corrected chi connectivity index (χ4v) is 4.19. The molecule has 2 N–H and O–H groups in total. The van der Waals surface area contributed by atoms with E-state index in [1.165, 1.54) is 6.07 Å². The summed E-state index contributed by atoms with van der Waals surface area (Å²) in [6.45, 7) is 4.51. The van der Waals surface area contributed by atoms with Gasteiger partial charge in [0, 0.05) is 60.5 Å². The molecule has 0 atom stereocenters. The first-order valence-corrected chi connectivity index (χ1v) is 11.9. The van der Waals surface area contributed by atoms with E-state index in [4.69, 9.17) is 4.42 Å². The lowest BCUT2D eigenvalue weighted by molar-refractivity contribution is 0.0697. The maximum absolute atomic E-state index is 13.3. The Bertz CT molecular complexity index is 1510. The van der Waals surface area contributed by atoms with Crippen LogP contribution in [0.4, 0.5) is 5.69 Å². The third kappa shape index (κ3) is 4.82. The van der Waals surface area contributed by atoms with Crippen LogP contribution in [0, 0.1) is 5.92 Å². The standard InChI is InChI=1S/C29H31N3O4/c1-17(2)16-30-28(33)24-13-18(29(34)35)7-10-21(24)27-22-11-8-19(31(3)4)14-25(22)36-26-15-20(32(5)6)9-12-23(26)27/h7-15,17H,16H2,1-6H3,(H-,30,33,34,35)/p+1. The van der Waals surface area contributed by atoms with E-state index in [0.717, 1.165) is 27.6 Å². The summed E-state index contributed by atoms with van der Waals surface area (Å²) in [5, 5.41) is 14.4. The SMILES string of the molecule is CC(C)CNC(=O)c1cc(C(=O)O)ccc1-c1c2ccc(=[N+](C)C)cc-2oc2cc(N(C)C)ccc12. The van der Waals surface area contributed by atoms with Gasteiger partial charge in [0.15, 0.2) is 0 Å². The van der Waals surface area contributed by atoms with E-state index in [0.29, 0.717) is 29.0 Å². The number of carboxylic acid groups (broad SMARTS) is 1. The zero-order valence-corrected chi connectivity index (χ0v) is 21.5. The number of nitrogens with zero attached hydrogens (tertiary/aromatic N) is 2. The molecule has 0 aromatic heterocycles. The maximum Gasteiger partial charge on any atom is 0.335 e. The molecule has 2 aromatic carbocycles. The van der Waals surface area contributed by atoms with E-state index in [1.54, 1.807) is 12.1 Å². The van der Waals surface area contributed by atoms with Crippen molar-refractivity contribution in [3.63, 3.8) is 0 Å². The van der Waals surface area contributed by atoms with Crippen LogP contribution in [0.5, 0.6) is 0 Å². The van der Waals surface area contributed by atoms with Gasteiger partial charge in [-0.05, 0) is 41.8 Å². The number of amides is 1. The number of nitrogens with one attached hydrogen (secondary N) is 1. The number of benzene rings is 3. The fraction of sp³-hybridized carbons (Fsp3) is 0.276. The number of anilines is 1. The highest BCUT2D eigenvalue weighted by molar-refractivity contribution is 6.10. The predicted molar refractivity (Wildman–Crippen MR) is 144 cm³/mol. The highest BCUT2D eigenvalue weighted by Gasteiger charge is 2.23. The van der Waals surface area contributed by atoms with Crippen LogP contribution in [0.3, 0.4) is 0 Å². The lowest BCUT2D eigenvalue weighted by Gasteiger charge is -2.20. The molecule has 36 heavy (non-hydrogen) atoms. The lowest BCUT2D eigenvalue weighted by atomic mass is 9.89. The van der Waals surface area contributed by atoms with E-state index < -0.39 is 5.97 Å². The molecule has 4 rings (SSSR count). The Balaban J connectivity index is 2.09. The van der Waals surface area contributed by atoms with Gasteiger partial charge in [-0.3, -0.25) is 4.79 Å². The molecule has 7 heteroatoms. The predicted octanol–water partition coefficient (Wildman–Crippen LogP) is 4.39. The van der Waals surface area contributed by atoms with Crippen LogP contribution in [0.1, 0.15) is 34.6 Å². The van der Waals surface area contributed by atoms with E-state index in [9.17, 15) is 14.7 Å². The van der Waals surface area contributed by atoms with Crippen molar-refractivity contribution in [1.29, 1.82) is 0 Å². The first-order valence-electron chi connectivity index (χ1n) is 11.9. The summed E-state index contributed by atoms with van der Waals surface area (Å²) in [5.41, 5.74) is 4.36. The average molecular weight is 487 g/mol. The minimum absolute atomic E-state index is 0.0625. The first kappa shape index (κ1) is 25.0. The van der Waals surface area contributed by atoms with Crippen LogP contribution >= 0.6 is 0 Å². The molecular weight excluding hydrogens is 454 g/mol. The zero-order chi connectivity index (χ0) is 26.1. The Labute approximate surface area is 210 Å². The van der Waals surface area contributed by atoms with E-state index in [1.807, 2.05) is 87.9 Å². The fourth-order valence-electron chi connectivity index (χ4n) is 4.19. The third-order valence-corrected chi connectivity index (χ3v) is 6.17. The summed E-state index contributed by atoms with van der Waals surface area (Å²) in [7, 11) is 7.87. The molecule has 7 nitrogen and oxygen atoms in total. The molecule has 2 aromatic rings. The molecule has 0 radical (unpaired) electrons. The molecule has 186 valence electrons. The number of rotatable bonds is 6. The normalized spacial score (nSPS) is 11.2. The van der Waals surface area contributed by atoms with Crippen molar-refractivity contribution >= 4 is 28.5 Å². The number of fused-ring (bicyclic) bond motifs is 2. The number of carbonyl (C=O) groups excluding carboxylic acids is 1. The smallest absolute Gasteiger partial charge is 0.335 e. The molecule has 0 saturated carbocycles. The van der Waals surface area contributed by atoms with E-state index in [2.05, 4.69) is 5.32 Å². The summed E-state index contributed by atoms with van der Waals surface area (Å²) in [5.74, 6) is -0.455. The van der Waals surface area contributed by atoms with Gasteiger partial charge < -0.3 is 19.7 Å². The van der Waals surface area contributed by atoms with Crippen LogP contribution in [0.2, 0.25) is 0 Å². The van der Waals surface area contributed by atoms with Gasteiger partial charge in [-0.1, -0.05) is 19.9 Å². The van der Waals surface area contributed by atoms with Crippen molar-refractivity contribution < 1.29 is 19.1 Å². The molecule has 2 aliphatic rings. The van der Waals surface area contributed by atoms with E-state index in [-0.39, 0.29) is 17.4 Å². The second kappa shape index (κ2) is 9.85. The Morgan fingerprint density at radius 2 is 1.72 bits per heavy atom. The highest BCUT2D eigenvalue weighted by atomic mass is 16.4. The number of carboxylic acids is 1. The minimum atomic E-state index is -1.08. The van der Waals surface area contributed by atoms with Crippen molar-refractivity contribution in [3.05, 3.63) is 71.1 Å².